The van der Waals surface area contributed by atoms with Crippen LogP contribution in [0.4, 0.5) is 0 Å². The molecule has 1 amide bonds. The van der Waals surface area contributed by atoms with Gasteiger partial charge in [0, 0.05) is 25.3 Å². The quantitative estimate of drug-likeness (QED) is 0.832. The van der Waals surface area contributed by atoms with Gasteiger partial charge in [-0.05, 0) is 30.5 Å². The second-order valence-corrected chi connectivity index (χ2v) is 7.23. The van der Waals surface area contributed by atoms with Crippen molar-refractivity contribution in [3.05, 3.63) is 43.0 Å². The Morgan fingerprint density at radius 2 is 1.75 bits per heavy atom. The maximum atomic E-state index is 12.8. The van der Waals surface area contributed by atoms with Crippen LogP contribution in [0.15, 0.2) is 37.4 Å². The fourth-order valence-electron chi connectivity index (χ4n) is 3.25. The highest BCUT2D eigenvalue weighted by atomic mass is 16.3. The van der Waals surface area contributed by atoms with Gasteiger partial charge in [-0.1, -0.05) is 32.9 Å². The van der Waals surface area contributed by atoms with E-state index in [0.29, 0.717) is 25.7 Å². The highest BCUT2D eigenvalue weighted by Gasteiger charge is 2.44. The predicted octanol–water partition coefficient (Wildman–Crippen LogP) is 4.04. The van der Waals surface area contributed by atoms with Crippen LogP contribution < -0.4 is 0 Å². The number of Topliss-reactive ketones (excluding diaryl/α,β-unsaturated/α-hetero) is 1. The van der Waals surface area contributed by atoms with E-state index in [4.69, 9.17) is 0 Å². The second-order valence-electron chi connectivity index (χ2n) is 7.23. The molecule has 0 spiro atoms. The highest BCUT2D eigenvalue weighted by Crippen LogP contribution is 2.43. The molecule has 0 heterocycles. The summed E-state index contributed by atoms with van der Waals surface area (Å²) in [6.07, 6.45) is 2.15. The van der Waals surface area contributed by atoms with Gasteiger partial charge in [0.2, 0.25) is 5.91 Å². The van der Waals surface area contributed by atoms with Crippen molar-refractivity contribution >= 4 is 11.7 Å². The minimum absolute atomic E-state index is 0.0465. The molecule has 1 aromatic rings. The third kappa shape index (κ3) is 4.05. The Balaban J connectivity index is 0.00000139. The smallest absolute Gasteiger partial charge is 0.228 e. The number of carbonyl (C=O) groups is 2. The Kier molecular flexibility index (Phi) is 6.35. The van der Waals surface area contributed by atoms with Crippen LogP contribution in [0, 0.1) is 5.41 Å². The lowest BCUT2D eigenvalue weighted by molar-refractivity contribution is -0.147. The van der Waals surface area contributed by atoms with Crippen molar-refractivity contribution in [1.82, 2.24) is 4.90 Å². The SMILES string of the molecule is C=C.CN(C(=O)C(C)(C)C)C1(c2cccc(O)c2)CCC(=O)CC1. The van der Waals surface area contributed by atoms with Gasteiger partial charge in [0.25, 0.3) is 0 Å². The standard InChI is InChI=1S/C18H25NO3.C2H4/c1-17(2,3)16(22)19(4)18(10-8-14(20)9-11-18)13-6-5-7-15(21)12-13;1-2/h5-7,12,21H,8-11H2,1-4H3;1-2H2. The van der Waals surface area contributed by atoms with E-state index in [9.17, 15) is 14.7 Å². The summed E-state index contributed by atoms with van der Waals surface area (Å²) in [6, 6.07) is 7.05. The van der Waals surface area contributed by atoms with E-state index in [-0.39, 0.29) is 17.4 Å². The lowest BCUT2D eigenvalue weighted by atomic mass is 9.74. The summed E-state index contributed by atoms with van der Waals surface area (Å²) in [5, 5.41) is 9.82. The summed E-state index contributed by atoms with van der Waals surface area (Å²) in [6.45, 7) is 11.7. The number of nitrogens with zero attached hydrogens (tertiary/aromatic N) is 1. The molecular weight excluding hydrogens is 302 g/mol. The number of hydrogen-bond acceptors (Lipinski definition) is 3. The number of phenols is 1. The van der Waals surface area contributed by atoms with Gasteiger partial charge in [-0.3, -0.25) is 9.59 Å². The van der Waals surface area contributed by atoms with Gasteiger partial charge in [-0.15, -0.1) is 13.2 Å². The third-order valence-corrected chi connectivity index (χ3v) is 4.61. The van der Waals surface area contributed by atoms with E-state index in [0.717, 1.165) is 5.56 Å². The molecule has 0 radical (unpaired) electrons. The van der Waals surface area contributed by atoms with Crippen LogP contribution in [-0.2, 0) is 15.1 Å². The first-order chi connectivity index (χ1) is 11.2. The Bertz CT molecular complexity index is 591. The predicted molar refractivity (Wildman–Crippen MR) is 96.7 cm³/mol. The van der Waals surface area contributed by atoms with Crippen molar-refractivity contribution in [2.24, 2.45) is 5.41 Å². The lowest BCUT2D eigenvalue weighted by Crippen LogP contribution is -2.52. The van der Waals surface area contributed by atoms with Gasteiger partial charge in [-0.25, -0.2) is 0 Å². The first-order valence-corrected chi connectivity index (χ1v) is 8.26. The van der Waals surface area contributed by atoms with Crippen LogP contribution in [0.1, 0.15) is 52.0 Å². The fourth-order valence-corrected chi connectivity index (χ4v) is 3.25. The summed E-state index contributed by atoms with van der Waals surface area (Å²) < 4.78 is 0. The molecule has 4 heteroatoms. The summed E-state index contributed by atoms with van der Waals surface area (Å²) in [4.78, 5) is 26.3. The molecule has 0 aliphatic heterocycles. The van der Waals surface area contributed by atoms with Crippen LogP contribution in [-0.4, -0.2) is 28.7 Å². The zero-order valence-electron chi connectivity index (χ0n) is 15.3. The zero-order chi connectivity index (χ0) is 18.5. The van der Waals surface area contributed by atoms with Crippen LogP contribution in [0.25, 0.3) is 0 Å². The Morgan fingerprint density at radius 3 is 2.21 bits per heavy atom. The van der Waals surface area contributed by atoms with Crippen LogP contribution in [0.3, 0.4) is 0 Å². The molecule has 1 fully saturated rings. The average molecular weight is 331 g/mol. The monoisotopic (exact) mass is 331 g/mol. The Hall–Kier alpha value is -2.10. The van der Waals surface area contributed by atoms with Crippen molar-refractivity contribution in [2.45, 2.75) is 52.0 Å². The normalized spacial score (nSPS) is 16.8. The first kappa shape index (κ1) is 19.9. The van der Waals surface area contributed by atoms with Crippen molar-refractivity contribution in [1.29, 1.82) is 0 Å². The molecular formula is C20H29NO3. The van der Waals surface area contributed by atoms with E-state index < -0.39 is 11.0 Å². The Morgan fingerprint density at radius 1 is 1.21 bits per heavy atom. The van der Waals surface area contributed by atoms with Crippen molar-refractivity contribution in [3.63, 3.8) is 0 Å². The molecule has 0 aromatic heterocycles. The van der Waals surface area contributed by atoms with Crippen LogP contribution in [0.2, 0.25) is 0 Å². The van der Waals surface area contributed by atoms with E-state index in [1.165, 1.54) is 0 Å². The van der Waals surface area contributed by atoms with E-state index >= 15 is 0 Å². The average Bonchev–Trinajstić information content (AvgIpc) is 2.55. The van der Waals surface area contributed by atoms with Crippen LogP contribution in [0.5, 0.6) is 5.75 Å². The number of benzene rings is 1. The van der Waals surface area contributed by atoms with Gasteiger partial charge in [0.05, 0.1) is 5.54 Å². The summed E-state index contributed by atoms with van der Waals surface area (Å²) in [5.41, 5.74) is -0.100. The van der Waals surface area contributed by atoms with Crippen molar-refractivity contribution in [2.75, 3.05) is 7.05 Å². The highest BCUT2D eigenvalue weighted by molar-refractivity contribution is 5.84. The molecule has 2 rings (SSSR count). The fraction of sp³-hybridized carbons (Fsp3) is 0.500. The number of hydrogen-bond donors (Lipinski definition) is 1. The lowest BCUT2D eigenvalue weighted by Gasteiger charge is -2.46. The Labute approximate surface area is 145 Å². The van der Waals surface area contributed by atoms with Gasteiger partial charge < -0.3 is 10.0 Å². The maximum absolute atomic E-state index is 12.8. The van der Waals surface area contributed by atoms with E-state index in [1.807, 2.05) is 33.9 Å². The molecule has 0 saturated heterocycles. The first-order valence-electron chi connectivity index (χ1n) is 8.26. The minimum atomic E-state index is -0.517. The number of aromatic hydroxyl groups is 1. The van der Waals surface area contributed by atoms with E-state index in [1.54, 1.807) is 23.1 Å². The number of rotatable bonds is 2. The molecule has 1 N–H and O–H groups in total. The van der Waals surface area contributed by atoms with Gasteiger partial charge >= 0.3 is 0 Å². The number of amides is 1. The largest absolute Gasteiger partial charge is 0.508 e. The maximum Gasteiger partial charge on any atom is 0.228 e. The molecule has 1 aromatic carbocycles. The molecule has 0 bridgehead atoms. The second kappa shape index (κ2) is 7.65. The number of carbonyl (C=O) groups excluding carboxylic acids is 2. The molecule has 1 aliphatic rings. The van der Waals surface area contributed by atoms with Crippen molar-refractivity contribution < 1.29 is 14.7 Å². The zero-order valence-corrected chi connectivity index (χ0v) is 15.3. The topological polar surface area (TPSA) is 57.6 Å². The van der Waals surface area contributed by atoms with Crippen LogP contribution >= 0.6 is 0 Å². The molecule has 0 atom stereocenters. The molecule has 4 nitrogen and oxygen atoms in total. The molecule has 1 aliphatic carbocycles. The summed E-state index contributed by atoms with van der Waals surface area (Å²) in [7, 11) is 1.81. The molecule has 132 valence electrons. The number of ketones is 1. The van der Waals surface area contributed by atoms with Gasteiger partial charge in [0.15, 0.2) is 0 Å². The minimum Gasteiger partial charge on any atom is -0.508 e. The summed E-state index contributed by atoms with van der Waals surface area (Å²) >= 11 is 0. The van der Waals surface area contributed by atoms with Gasteiger partial charge in [0.1, 0.15) is 11.5 Å². The van der Waals surface area contributed by atoms with Gasteiger partial charge in [-0.2, -0.15) is 0 Å². The van der Waals surface area contributed by atoms with Crippen molar-refractivity contribution in [3.8, 4) is 5.75 Å². The van der Waals surface area contributed by atoms with E-state index in [2.05, 4.69) is 13.2 Å². The molecule has 1 saturated carbocycles. The third-order valence-electron chi connectivity index (χ3n) is 4.61. The number of phenolic OH excluding ortho intramolecular Hbond substituents is 1. The summed E-state index contributed by atoms with van der Waals surface area (Å²) in [5.74, 6) is 0.475. The molecule has 24 heavy (non-hydrogen) atoms. The molecule has 0 unspecified atom stereocenters.